The lowest BCUT2D eigenvalue weighted by molar-refractivity contribution is -0.914. The molecule has 22 heavy (non-hydrogen) atoms. The third-order valence-corrected chi connectivity index (χ3v) is 4.50. The van der Waals surface area contributed by atoms with Crippen molar-refractivity contribution < 1.29 is 13.7 Å². The second-order valence-electron chi connectivity index (χ2n) is 5.59. The lowest BCUT2D eigenvalue weighted by atomic mass is 10.1. The zero-order valence-corrected chi connectivity index (χ0v) is 12.9. The average molecular weight is 324 g/mol. The van der Waals surface area contributed by atoms with E-state index in [0.717, 1.165) is 31.9 Å². The van der Waals surface area contributed by atoms with Crippen LogP contribution in [0, 0.1) is 11.6 Å². The molecule has 1 saturated heterocycles. The summed E-state index contributed by atoms with van der Waals surface area (Å²) in [4.78, 5) is 3.54. The van der Waals surface area contributed by atoms with E-state index in [1.165, 1.54) is 23.1 Å². The highest BCUT2D eigenvalue weighted by atomic mass is 35.5. The maximum atomic E-state index is 13.8. The molecule has 116 valence electrons. The predicted molar refractivity (Wildman–Crippen MR) is 84.4 cm³/mol. The van der Waals surface area contributed by atoms with Crippen LogP contribution in [-0.4, -0.2) is 26.2 Å². The minimum atomic E-state index is -0.235. The number of halogens is 3. The fourth-order valence-electron chi connectivity index (χ4n) is 2.86. The van der Waals surface area contributed by atoms with Crippen molar-refractivity contribution in [1.29, 1.82) is 0 Å². The monoisotopic (exact) mass is 323 g/mol. The largest absolute Gasteiger partial charge is 0.360 e. The second-order valence-corrected chi connectivity index (χ2v) is 6.00. The summed E-state index contributed by atoms with van der Waals surface area (Å²) in [6, 6.07) is 11.4. The van der Waals surface area contributed by atoms with E-state index < -0.39 is 0 Å². The molecule has 2 aromatic rings. The number of hydrogen-bond donors (Lipinski definition) is 1. The Balaban J connectivity index is 1.61. The Morgan fingerprint density at radius 1 is 1.00 bits per heavy atom. The Hall–Kier alpha value is -1.65. The molecule has 5 heteroatoms. The summed E-state index contributed by atoms with van der Waals surface area (Å²) in [6.07, 6.45) is 0. The molecular formula is C17H18ClF2N2+. The molecule has 1 N–H and O–H groups in total. The number of hydrogen-bond acceptors (Lipinski definition) is 1. The minimum Gasteiger partial charge on any atom is -0.360 e. The van der Waals surface area contributed by atoms with E-state index in [4.69, 9.17) is 11.6 Å². The Kier molecular flexibility index (Phi) is 4.60. The predicted octanol–water partition coefficient (Wildman–Crippen LogP) is 2.52. The zero-order valence-electron chi connectivity index (χ0n) is 12.2. The molecule has 2 aromatic carbocycles. The van der Waals surface area contributed by atoms with Crippen LogP contribution in [-0.2, 0) is 6.54 Å². The third-order valence-electron chi connectivity index (χ3n) is 4.15. The number of rotatable bonds is 3. The lowest BCUT2D eigenvalue weighted by Gasteiger charge is -2.33. The van der Waals surface area contributed by atoms with Crippen molar-refractivity contribution in [2.75, 3.05) is 31.1 Å². The average Bonchev–Trinajstić information content (AvgIpc) is 2.53. The molecule has 2 nitrogen and oxygen atoms in total. The molecule has 1 aliphatic rings. The third kappa shape index (κ3) is 3.39. The van der Waals surface area contributed by atoms with Gasteiger partial charge in [-0.3, -0.25) is 0 Å². The fourth-order valence-corrected chi connectivity index (χ4v) is 3.09. The summed E-state index contributed by atoms with van der Waals surface area (Å²) >= 11 is 6.09. The molecular weight excluding hydrogens is 306 g/mol. The molecule has 0 spiro atoms. The number of nitrogens with one attached hydrogen (secondary N) is 1. The van der Waals surface area contributed by atoms with Crippen LogP contribution in [0.5, 0.6) is 0 Å². The van der Waals surface area contributed by atoms with Crippen molar-refractivity contribution in [1.82, 2.24) is 0 Å². The van der Waals surface area contributed by atoms with Gasteiger partial charge in [-0.05, 0) is 36.4 Å². The lowest BCUT2D eigenvalue weighted by Crippen LogP contribution is -3.13. The summed E-state index contributed by atoms with van der Waals surface area (Å²) in [6.45, 7) is 4.15. The molecule has 1 fully saturated rings. The molecule has 0 amide bonds. The zero-order chi connectivity index (χ0) is 15.5. The molecule has 0 radical (unpaired) electrons. The summed E-state index contributed by atoms with van der Waals surface area (Å²) in [5, 5.41) is 0.494. The van der Waals surface area contributed by atoms with E-state index in [-0.39, 0.29) is 11.6 Å². The second kappa shape index (κ2) is 6.63. The van der Waals surface area contributed by atoms with Gasteiger partial charge >= 0.3 is 0 Å². The molecule has 0 aromatic heterocycles. The molecule has 0 bridgehead atoms. The van der Waals surface area contributed by atoms with Gasteiger partial charge in [-0.1, -0.05) is 17.7 Å². The molecule has 0 aliphatic carbocycles. The Bertz CT molecular complexity index is 617. The van der Waals surface area contributed by atoms with Gasteiger partial charge in [0, 0.05) is 5.69 Å². The molecule has 3 rings (SSSR count). The standard InChI is InChI=1S/C17H17ClF2N2/c18-16-2-1-3-17(20)15(16)12-21-8-10-22(11-9-21)14-6-4-13(19)5-7-14/h1-7H,8-12H2/p+1. The summed E-state index contributed by atoms with van der Waals surface area (Å²) in [7, 11) is 0. The summed E-state index contributed by atoms with van der Waals surface area (Å²) < 4.78 is 26.8. The van der Waals surface area contributed by atoms with Crippen LogP contribution >= 0.6 is 11.6 Å². The van der Waals surface area contributed by atoms with Crippen LogP contribution in [0.25, 0.3) is 0 Å². The van der Waals surface area contributed by atoms with Gasteiger partial charge in [-0.25, -0.2) is 8.78 Å². The summed E-state index contributed by atoms with van der Waals surface area (Å²) in [5.74, 6) is -0.455. The number of quaternary nitrogens is 1. The van der Waals surface area contributed by atoms with Crippen LogP contribution in [0.1, 0.15) is 5.56 Å². The van der Waals surface area contributed by atoms with Crippen molar-refractivity contribution in [2.45, 2.75) is 6.54 Å². The number of nitrogens with zero attached hydrogens (tertiary/aromatic N) is 1. The minimum absolute atomic E-state index is 0.220. The first-order chi connectivity index (χ1) is 10.6. The van der Waals surface area contributed by atoms with E-state index in [2.05, 4.69) is 4.90 Å². The maximum Gasteiger partial charge on any atom is 0.133 e. The highest BCUT2D eigenvalue weighted by Crippen LogP contribution is 2.18. The maximum absolute atomic E-state index is 13.8. The first-order valence-electron chi connectivity index (χ1n) is 7.40. The summed E-state index contributed by atoms with van der Waals surface area (Å²) in [5.41, 5.74) is 1.62. The van der Waals surface area contributed by atoms with Gasteiger partial charge in [0.1, 0.15) is 18.2 Å². The van der Waals surface area contributed by atoms with Crippen molar-refractivity contribution >= 4 is 17.3 Å². The van der Waals surface area contributed by atoms with Crippen molar-refractivity contribution in [3.8, 4) is 0 Å². The normalized spacial score (nSPS) is 16.0. The van der Waals surface area contributed by atoms with Crippen LogP contribution in [0.3, 0.4) is 0 Å². The van der Waals surface area contributed by atoms with Crippen LogP contribution < -0.4 is 9.80 Å². The van der Waals surface area contributed by atoms with Crippen molar-refractivity contribution in [3.05, 3.63) is 64.7 Å². The van der Waals surface area contributed by atoms with Gasteiger partial charge in [0.15, 0.2) is 0 Å². The SMILES string of the molecule is Fc1ccc(N2CC[NH+](Cc3c(F)cccc3Cl)CC2)cc1. The van der Waals surface area contributed by atoms with E-state index >= 15 is 0 Å². The highest BCUT2D eigenvalue weighted by Gasteiger charge is 2.22. The molecule has 1 heterocycles. The number of anilines is 1. The first kappa shape index (κ1) is 15.3. The van der Waals surface area contributed by atoms with Gasteiger partial charge in [0.05, 0.1) is 36.8 Å². The first-order valence-corrected chi connectivity index (χ1v) is 7.78. The molecule has 0 saturated carbocycles. The quantitative estimate of drug-likeness (QED) is 0.912. The van der Waals surface area contributed by atoms with E-state index in [0.29, 0.717) is 17.1 Å². The molecule has 0 atom stereocenters. The Morgan fingerprint density at radius 3 is 2.32 bits per heavy atom. The van der Waals surface area contributed by atoms with Gasteiger partial charge in [-0.2, -0.15) is 0 Å². The van der Waals surface area contributed by atoms with E-state index in [1.54, 1.807) is 24.3 Å². The van der Waals surface area contributed by atoms with Gasteiger partial charge < -0.3 is 9.80 Å². The smallest absolute Gasteiger partial charge is 0.133 e. The van der Waals surface area contributed by atoms with Crippen LogP contribution in [0.4, 0.5) is 14.5 Å². The van der Waals surface area contributed by atoms with Crippen LogP contribution in [0.15, 0.2) is 42.5 Å². The Labute approximate surface area is 133 Å². The van der Waals surface area contributed by atoms with Crippen LogP contribution in [0.2, 0.25) is 5.02 Å². The van der Waals surface area contributed by atoms with Gasteiger partial charge in [-0.15, -0.1) is 0 Å². The topological polar surface area (TPSA) is 7.68 Å². The van der Waals surface area contributed by atoms with Crippen molar-refractivity contribution in [2.24, 2.45) is 0 Å². The van der Waals surface area contributed by atoms with E-state index in [1.807, 2.05) is 0 Å². The number of piperazine rings is 1. The number of benzene rings is 2. The van der Waals surface area contributed by atoms with Gasteiger partial charge in [0.25, 0.3) is 0 Å². The Morgan fingerprint density at radius 2 is 1.68 bits per heavy atom. The van der Waals surface area contributed by atoms with E-state index in [9.17, 15) is 8.78 Å². The molecule has 1 aliphatic heterocycles. The van der Waals surface area contributed by atoms with Crippen molar-refractivity contribution in [3.63, 3.8) is 0 Å². The highest BCUT2D eigenvalue weighted by molar-refractivity contribution is 6.31. The fraction of sp³-hybridized carbons (Fsp3) is 0.294. The van der Waals surface area contributed by atoms with Gasteiger partial charge in [0.2, 0.25) is 0 Å². The molecule has 0 unspecified atom stereocenters.